The molecule has 1 aliphatic rings. The van der Waals surface area contributed by atoms with E-state index in [4.69, 9.17) is 9.47 Å². The third-order valence-corrected chi connectivity index (χ3v) is 3.96. The van der Waals surface area contributed by atoms with E-state index in [2.05, 4.69) is 4.98 Å². The van der Waals surface area contributed by atoms with Crippen molar-refractivity contribution in [3.63, 3.8) is 0 Å². The number of methoxy groups -OCH3 is 2. The minimum absolute atomic E-state index is 0.0761. The number of pyridine rings is 1. The van der Waals surface area contributed by atoms with E-state index >= 15 is 0 Å². The van der Waals surface area contributed by atoms with Gasteiger partial charge in [-0.1, -0.05) is 0 Å². The Bertz CT molecular complexity index is 465. The van der Waals surface area contributed by atoms with E-state index in [1.807, 2.05) is 4.90 Å². The van der Waals surface area contributed by atoms with Gasteiger partial charge in [0.05, 0.1) is 7.11 Å². The molecular weight excluding hydrogens is 268 g/mol. The summed E-state index contributed by atoms with van der Waals surface area (Å²) in [5.41, 5.74) is 0.652. The number of hydrogen-bond donors (Lipinski definition) is 0. The Balaban J connectivity index is 1.94. The highest BCUT2D eigenvalue weighted by Crippen LogP contribution is 2.23. The minimum atomic E-state index is 0.0761. The van der Waals surface area contributed by atoms with Gasteiger partial charge in [-0.25, -0.2) is 4.98 Å². The zero-order valence-electron chi connectivity index (χ0n) is 12.9. The first-order valence-electron chi connectivity index (χ1n) is 7.53. The van der Waals surface area contributed by atoms with Crippen molar-refractivity contribution >= 4 is 5.91 Å². The lowest BCUT2D eigenvalue weighted by molar-refractivity contribution is 0.0660. The van der Waals surface area contributed by atoms with E-state index in [0.29, 0.717) is 17.4 Å². The molecule has 0 N–H and O–H groups in total. The highest BCUT2D eigenvalue weighted by molar-refractivity contribution is 5.94. The number of hydrogen-bond acceptors (Lipinski definition) is 4. The first-order valence-corrected chi connectivity index (χ1v) is 7.53. The van der Waals surface area contributed by atoms with Crippen molar-refractivity contribution in [2.45, 2.75) is 25.7 Å². The van der Waals surface area contributed by atoms with Crippen molar-refractivity contribution in [1.82, 2.24) is 9.88 Å². The second-order valence-corrected chi connectivity index (χ2v) is 5.48. The van der Waals surface area contributed by atoms with Gasteiger partial charge in [0, 0.05) is 44.6 Å². The van der Waals surface area contributed by atoms with Gasteiger partial charge < -0.3 is 14.4 Å². The Morgan fingerprint density at radius 1 is 1.48 bits per heavy atom. The lowest BCUT2D eigenvalue weighted by atomic mass is 9.93. The van der Waals surface area contributed by atoms with Gasteiger partial charge in [0.25, 0.3) is 5.91 Å². The van der Waals surface area contributed by atoms with Crippen LogP contribution in [-0.2, 0) is 4.74 Å². The Hall–Kier alpha value is -1.62. The summed E-state index contributed by atoms with van der Waals surface area (Å²) in [6.07, 6.45) is 6.08. The molecule has 1 fully saturated rings. The van der Waals surface area contributed by atoms with E-state index in [-0.39, 0.29) is 5.91 Å². The molecule has 0 bridgehead atoms. The second-order valence-electron chi connectivity index (χ2n) is 5.48. The van der Waals surface area contributed by atoms with E-state index in [1.54, 1.807) is 32.5 Å². The minimum Gasteiger partial charge on any atom is -0.481 e. The van der Waals surface area contributed by atoms with Gasteiger partial charge in [-0.2, -0.15) is 0 Å². The molecule has 1 aliphatic heterocycles. The van der Waals surface area contributed by atoms with Crippen LogP contribution in [0.1, 0.15) is 36.0 Å². The van der Waals surface area contributed by atoms with Gasteiger partial charge in [0.2, 0.25) is 5.88 Å². The molecule has 5 nitrogen and oxygen atoms in total. The van der Waals surface area contributed by atoms with Crippen LogP contribution in [0.25, 0.3) is 0 Å². The third kappa shape index (κ3) is 4.43. The standard InChI is InChI=1S/C16H24N2O3/c1-20-10-4-6-13-5-3-9-18(12-13)16(19)14-7-8-17-15(11-14)21-2/h7-8,11,13H,3-6,9-10,12H2,1-2H3. The number of aromatic nitrogens is 1. The summed E-state index contributed by atoms with van der Waals surface area (Å²) in [6.45, 7) is 2.48. The Morgan fingerprint density at radius 3 is 3.10 bits per heavy atom. The Kier molecular flexibility index (Phi) is 5.99. The molecule has 0 aliphatic carbocycles. The fraction of sp³-hybridized carbons (Fsp3) is 0.625. The summed E-state index contributed by atoms with van der Waals surface area (Å²) in [7, 11) is 3.29. The molecule has 0 radical (unpaired) electrons. The summed E-state index contributed by atoms with van der Waals surface area (Å²) in [6, 6.07) is 3.45. The lowest BCUT2D eigenvalue weighted by Crippen LogP contribution is -2.40. The third-order valence-electron chi connectivity index (χ3n) is 3.96. The van der Waals surface area contributed by atoms with Gasteiger partial charge in [0.1, 0.15) is 0 Å². The highest BCUT2D eigenvalue weighted by Gasteiger charge is 2.24. The van der Waals surface area contributed by atoms with Crippen LogP contribution in [0.15, 0.2) is 18.3 Å². The number of carbonyl (C=O) groups excluding carboxylic acids is 1. The van der Waals surface area contributed by atoms with Crippen LogP contribution < -0.4 is 4.74 Å². The number of ether oxygens (including phenoxy) is 2. The number of amides is 1. The summed E-state index contributed by atoms with van der Waals surface area (Å²) in [5, 5.41) is 0. The van der Waals surface area contributed by atoms with Crippen LogP contribution in [0, 0.1) is 5.92 Å². The smallest absolute Gasteiger partial charge is 0.254 e. The van der Waals surface area contributed by atoms with E-state index in [9.17, 15) is 4.79 Å². The average molecular weight is 292 g/mol. The van der Waals surface area contributed by atoms with Crippen LogP contribution in [-0.4, -0.2) is 49.7 Å². The number of nitrogens with zero attached hydrogens (tertiary/aromatic N) is 2. The maximum Gasteiger partial charge on any atom is 0.254 e. The SMILES string of the molecule is COCCCC1CCCN(C(=O)c2ccnc(OC)c2)C1. The van der Waals surface area contributed by atoms with Gasteiger partial charge in [-0.3, -0.25) is 4.79 Å². The average Bonchev–Trinajstić information content (AvgIpc) is 2.55. The molecule has 0 saturated carbocycles. The van der Waals surface area contributed by atoms with Crippen LogP contribution in [0.5, 0.6) is 5.88 Å². The molecule has 1 aromatic heterocycles. The molecule has 2 heterocycles. The van der Waals surface area contributed by atoms with Crippen LogP contribution in [0.4, 0.5) is 0 Å². The Labute approximate surface area is 126 Å². The molecule has 0 spiro atoms. The van der Waals surface area contributed by atoms with Gasteiger partial charge in [-0.15, -0.1) is 0 Å². The summed E-state index contributed by atoms with van der Waals surface area (Å²) >= 11 is 0. The van der Waals surface area contributed by atoms with Crippen LogP contribution >= 0.6 is 0 Å². The molecule has 2 rings (SSSR count). The van der Waals surface area contributed by atoms with E-state index in [0.717, 1.165) is 39.0 Å². The van der Waals surface area contributed by atoms with Crippen molar-refractivity contribution in [1.29, 1.82) is 0 Å². The predicted molar refractivity (Wildman–Crippen MR) is 80.5 cm³/mol. The summed E-state index contributed by atoms with van der Waals surface area (Å²) in [5.74, 6) is 1.14. The number of rotatable bonds is 6. The molecule has 1 unspecified atom stereocenters. The first-order chi connectivity index (χ1) is 10.2. The van der Waals surface area contributed by atoms with Crippen molar-refractivity contribution in [2.24, 2.45) is 5.92 Å². The lowest BCUT2D eigenvalue weighted by Gasteiger charge is -2.33. The molecule has 21 heavy (non-hydrogen) atoms. The molecule has 1 aromatic rings. The highest BCUT2D eigenvalue weighted by atomic mass is 16.5. The van der Waals surface area contributed by atoms with E-state index < -0.39 is 0 Å². The molecule has 1 atom stereocenters. The van der Waals surface area contributed by atoms with Gasteiger partial charge >= 0.3 is 0 Å². The molecule has 116 valence electrons. The van der Waals surface area contributed by atoms with Gasteiger partial charge in [-0.05, 0) is 37.7 Å². The maximum absolute atomic E-state index is 12.6. The maximum atomic E-state index is 12.6. The quantitative estimate of drug-likeness (QED) is 0.755. The fourth-order valence-electron chi connectivity index (χ4n) is 2.84. The van der Waals surface area contributed by atoms with Crippen molar-refractivity contribution in [2.75, 3.05) is 33.9 Å². The topological polar surface area (TPSA) is 51.7 Å². The number of likely N-dealkylation sites (tertiary alicyclic amines) is 1. The van der Waals surface area contributed by atoms with Crippen LogP contribution in [0.2, 0.25) is 0 Å². The summed E-state index contributed by atoms with van der Waals surface area (Å²) in [4.78, 5) is 18.6. The van der Waals surface area contributed by atoms with Crippen molar-refractivity contribution in [3.8, 4) is 5.88 Å². The zero-order chi connectivity index (χ0) is 15.1. The van der Waals surface area contributed by atoms with E-state index in [1.165, 1.54) is 6.42 Å². The molecule has 0 aromatic carbocycles. The van der Waals surface area contributed by atoms with Crippen LogP contribution in [0.3, 0.4) is 0 Å². The molecule has 5 heteroatoms. The zero-order valence-corrected chi connectivity index (χ0v) is 12.9. The van der Waals surface area contributed by atoms with Crippen molar-refractivity contribution < 1.29 is 14.3 Å². The Morgan fingerprint density at radius 2 is 2.33 bits per heavy atom. The first kappa shape index (κ1) is 15.8. The second kappa shape index (κ2) is 7.98. The van der Waals surface area contributed by atoms with Crippen molar-refractivity contribution in [3.05, 3.63) is 23.9 Å². The molecule has 1 saturated heterocycles. The predicted octanol–water partition coefficient (Wildman–Crippen LogP) is 2.37. The number of carbonyl (C=O) groups is 1. The summed E-state index contributed by atoms with van der Waals surface area (Å²) < 4.78 is 10.2. The van der Waals surface area contributed by atoms with Gasteiger partial charge in [0.15, 0.2) is 0 Å². The number of piperidine rings is 1. The normalized spacial score (nSPS) is 18.6. The fourth-order valence-corrected chi connectivity index (χ4v) is 2.84. The molecular formula is C16H24N2O3. The largest absolute Gasteiger partial charge is 0.481 e. The monoisotopic (exact) mass is 292 g/mol. The molecule has 1 amide bonds.